The Hall–Kier alpha value is -2.98. The molecule has 1 unspecified atom stereocenters. The largest absolute Gasteiger partial charge is 0.330 e. The van der Waals surface area contributed by atoms with E-state index in [0.29, 0.717) is 12.5 Å². The number of likely N-dealkylation sites (tertiary alicyclic amines) is 1. The number of nitriles is 1. The fraction of sp³-hybridized carbons (Fsp3) is 0.400. The van der Waals surface area contributed by atoms with Crippen molar-refractivity contribution in [2.45, 2.75) is 31.8 Å². The first kappa shape index (κ1) is 17.4. The molecule has 0 amide bonds. The number of aromatic nitrogens is 5. The molecule has 27 heavy (non-hydrogen) atoms. The number of benzene rings is 1. The van der Waals surface area contributed by atoms with Crippen molar-refractivity contribution in [2.24, 2.45) is 7.05 Å². The molecule has 138 valence electrons. The summed E-state index contributed by atoms with van der Waals surface area (Å²) < 4.78 is 4.13. The molecule has 0 bridgehead atoms. The molecular formula is C20H23N7. The molecule has 3 aromatic rings. The summed E-state index contributed by atoms with van der Waals surface area (Å²) in [4.78, 5) is 6.54. The van der Waals surface area contributed by atoms with E-state index in [0.717, 1.165) is 49.7 Å². The van der Waals surface area contributed by atoms with Gasteiger partial charge in [0.05, 0.1) is 24.5 Å². The van der Waals surface area contributed by atoms with E-state index in [9.17, 15) is 0 Å². The van der Waals surface area contributed by atoms with Gasteiger partial charge in [-0.3, -0.25) is 4.90 Å². The second-order valence-electron chi connectivity index (χ2n) is 7.15. The minimum atomic E-state index is 0.381. The van der Waals surface area contributed by atoms with Gasteiger partial charge in [0.25, 0.3) is 0 Å². The number of piperidine rings is 1. The number of imidazole rings is 1. The Morgan fingerprint density at radius 1 is 1.26 bits per heavy atom. The fourth-order valence-corrected chi connectivity index (χ4v) is 3.82. The van der Waals surface area contributed by atoms with Crippen LogP contribution in [0.3, 0.4) is 0 Å². The molecule has 4 rings (SSSR count). The van der Waals surface area contributed by atoms with Crippen molar-refractivity contribution < 1.29 is 0 Å². The van der Waals surface area contributed by atoms with Crippen LogP contribution in [0.15, 0.2) is 43.0 Å². The first-order chi connectivity index (χ1) is 13.2. The summed E-state index contributed by atoms with van der Waals surface area (Å²) in [5, 5.41) is 18.0. The van der Waals surface area contributed by atoms with Gasteiger partial charge in [0, 0.05) is 38.4 Å². The number of rotatable bonds is 5. The summed E-state index contributed by atoms with van der Waals surface area (Å²) in [6.07, 6.45) is 7.79. The van der Waals surface area contributed by atoms with Gasteiger partial charge in [-0.25, -0.2) is 4.98 Å². The second kappa shape index (κ2) is 7.72. The molecule has 3 heterocycles. The van der Waals surface area contributed by atoms with Crippen LogP contribution in [0.1, 0.15) is 41.5 Å². The van der Waals surface area contributed by atoms with E-state index in [2.05, 4.69) is 43.8 Å². The Morgan fingerprint density at radius 2 is 2.19 bits per heavy atom. The van der Waals surface area contributed by atoms with Gasteiger partial charge in [0.15, 0.2) is 5.82 Å². The maximum absolute atomic E-state index is 9.10. The third kappa shape index (κ3) is 3.91. The monoisotopic (exact) mass is 361 g/mol. The predicted molar refractivity (Wildman–Crippen MR) is 101 cm³/mol. The predicted octanol–water partition coefficient (Wildman–Crippen LogP) is 2.31. The zero-order chi connectivity index (χ0) is 18.6. The first-order valence-electron chi connectivity index (χ1n) is 9.28. The van der Waals surface area contributed by atoms with Crippen LogP contribution in [0.25, 0.3) is 0 Å². The van der Waals surface area contributed by atoms with Gasteiger partial charge in [-0.15, -0.1) is 10.2 Å². The minimum Gasteiger partial charge on any atom is -0.330 e. The van der Waals surface area contributed by atoms with Crippen molar-refractivity contribution >= 4 is 0 Å². The summed E-state index contributed by atoms with van der Waals surface area (Å²) in [5.41, 5.74) is 1.91. The normalized spacial score (nSPS) is 17.7. The molecule has 1 aromatic carbocycles. The van der Waals surface area contributed by atoms with Crippen molar-refractivity contribution in [3.8, 4) is 6.07 Å². The lowest BCUT2D eigenvalue weighted by Crippen LogP contribution is -2.34. The highest BCUT2D eigenvalue weighted by Crippen LogP contribution is 2.27. The Bertz CT molecular complexity index is 936. The van der Waals surface area contributed by atoms with Gasteiger partial charge in [-0.1, -0.05) is 12.1 Å². The van der Waals surface area contributed by atoms with E-state index < -0.39 is 0 Å². The van der Waals surface area contributed by atoms with E-state index in [4.69, 9.17) is 5.26 Å². The molecule has 1 fully saturated rings. The van der Waals surface area contributed by atoms with Crippen molar-refractivity contribution in [1.82, 2.24) is 29.2 Å². The van der Waals surface area contributed by atoms with Crippen LogP contribution < -0.4 is 0 Å². The lowest BCUT2D eigenvalue weighted by molar-refractivity contribution is 0.195. The second-order valence-corrected chi connectivity index (χ2v) is 7.15. The van der Waals surface area contributed by atoms with Crippen LogP contribution >= 0.6 is 0 Å². The zero-order valence-corrected chi connectivity index (χ0v) is 15.5. The summed E-state index contributed by atoms with van der Waals surface area (Å²) in [6.45, 7) is 3.59. The third-order valence-corrected chi connectivity index (χ3v) is 5.21. The van der Waals surface area contributed by atoms with E-state index in [1.54, 1.807) is 12.5 Å². The highest BCUT2D eigenvalue weighted by molar-refractivity contribution is 5.32. The van der Waals surface area contributed by atoms with E-state index >= 15 is 0 Å². The number of hydrogen-bond donors (Lipinski definition) is 0. The standard InChI is InChI=1S/C20H23N7/c1-25-19(14-27-9-7-22-15-27)23-24-20(25)18-6-3-8-26(13-18)12-17-5-2-4-16(10-17)11-21/h2,4-5,7,9-10,15,18H,3,6,8,12-14H2,1H3. The van der Waals surface area contributed by atoms with E-state index in [1.807, 2.05) is 29.0 Å². The Balaban J connectivity index is 1.45. The first-order valence-corrected chi connectivity index (χ1v) is 9.28. The molecule has 1 atom stereocenters. The Morgan fingerprint density at radius 3 is 3.00 bits per heavy atom. The van der Waals surface area contributed by atoms with Gasteiger partial charge in [-0.05, 0) is 37.1 Å². The molecule has 0 spiro atoms. The van der Waals surface area contributed by atoms with Gasteiger partial charge in [0.1, 0.15) is 5.82 Å². The van der Waals surface area contributed by atoms with Crippen molar-refractivity contribution in [3.63, 3.8) is 0 Å². The molecule has 2 aromatic heterocycles. The molecule has 1 aliphatic rings. The molecule has 7 heteroatoms. The number of nitrogens with zero attached hydrogens (tertiary/aromatic N) is 7. The average Bonchev–Trinajstić information content (AvgIpc) is 3.33. The van der Waals surface area contributed by atoms with Crippen LogP contribution in [0.2, 0.25) is 0 Å². The topological polar surface area (TPSA) is 75.6 Å². The van der Waals surface area contributed by atoms with Gasteiger partial charge >= 0.3 is 0 Å². The highest BCUT2D eigenvalue weighted by Gasteiger charge is 2.26. The van der Waals surface area contributed by atoms with Crippen LogP contribution in [0.4, 0.5) is 0 Å². The quantitative estimate of drug-likeness (QED) is 0.697. The summed E-state index contributed by atoms with van der Waals surface area (Å²) >= 11 is 0. The highest BCUT2D eigenvalue weighted by atomic mass is 15.3. The molecule has 0 radical (unpaired) electrons. The summed E-state index contributed by atoms with van der Waals surface area (Å²) in [6, 6.07) is 10.1. The molecule has 0 N–H and O–H groups in total. The maximum atomic E-state index is 9.10. The average molecular weight is 361 g/mol. The molecule has 0 aliphatic carbocycles. The van der Waals surface area contributed by atoms with Crippen LogP contribution in [0, 0.1) is 11.3 Å². The van der Waals surface area contributed by atoms with Crippen molar-refractivity contribution in [3.05, 3.63) is 65.8 Å². The molecule has 1 saturated heterocycles. The fourth-order valence-electron chi connectivity index (χ4n) is 3.82. The van der Waals surface area contributed by atoms with Crippen molar-refractivity contribution in [2.75, 3.05) is 13.1 Å². The van der Waals surface area contributed by atoms with E-state index in [1.165, 1.54) is 5.56 Å². The number of hydrogen-bond acceptors (Lipinski definition) is 5. The van der Waals surface area contributed by atoms with Gasteiger partial charge < -0.3 is 9.13 Å². The lowest BCUT2D eigenvalue weighted by atomic mass is 9.96. The molecule has 0 saturated carbocycles. The SMILES string of the molecule is Cn1c(Cn2ccnc2)nnc1C1CCCN(Cc2cccc(C#N)c2)C1. The zero-order valence-electron chi connectivity index (χ0n) is 15.5. The van der Waals surface area contributed by atoms with Crippen LogP contribution in [-0.2, 0) is 20.1 Å². The Kier molecular flexibility index (Phi) is 4.99. The van der Waals surface area contributed by atoms with Crippen LogP contribution in [-0.4, -0.2) is 42.3 Å². The smallest absolute Gasteiger partial charge is 0.152 e. The third-order valence-electron chi connectivity index (χ3n) is 5.21. The summed E-state index contributed by atoms with van der Waals surface area (Å²) in [7, 11) is 2.05. The van der Waals surface area contributed by atoms with Gasteiger partial charge in [-0.2, -0.15) is 5.26 Å². The maximum Gasteiger partial charge on any atom is 0.152 e. The molecule has 7 nitrogen and oxygen atoms in total. The minimum absolute atomic E-state index is 0.381. The van der Waals surface area contributed by atoms with E-state index in [-0.39, 0.29) is 0 Å². The Labute approximate surface area is 158 Å². The molecular weight excluding hydrogens is 338 g/mol. The van der Waals surface area contributed by atoms with Crippen molar-refractivity contribution in [1.29, 1.82) is 5.26 Å². The summed E-state index contributed by atoms with van der Waals surface area (Å²) in [5.74, 6) is 2.38. The van der Waals surface area contributed by atoms with Crippen LogP contribution in [0.5, 0.6) is 0 Å². The lowest BCUT2D eigenvalue weighted by Gasteiger charge is -2.32. The van der Waals surface area contributed by atoms with Gasteiger partial charge in [0.2, 0.25) is 0 Å². The molecule has 1 aliphatic heterocycles.